The van der Waals surface area contributed by atoms with Gasteiger partial charge in [-0.1, -0.05) is 26.7 Å². The molecule has 0 aliphatic heterocycles. The van der Waals surface area contributed by atoms with Crippen LogP contribution in [0.15, 0.2) is 12.3 Å². The zero-order chi connectivity index (χ0) is 15.4. The molecule has 0 radical (unpaired) electrons. The molecule has 0 spiro atoms. The van der Waals surface area contributed by atoms with E-state index in [1.807, 2.05) is 0 Å². The Morgan fingerprint density at radius 2 is 2.14 bits per heavy atom. The maximum absolute atomic E-state index is 14.1. The number of amides is 1. The SMILES string of the molecule is CC(C)C1CCCCC1NC(=O)c1ccnc(NN)c1F. The molecule has 1 saturated carbocycles. The van der Waals surface area contributed by atoms with Gasteiger partial charge < -0.3 is 10.7 Å². The number of aromatic nitrogens is 1. The second-order valence-corrected chi connectivity index (χ2v) is 5.94. The summed E-state index contributed by atoms with van der Waals surface area (Å²) in [6, 6.07) is 1.48. The summed E-state index contributed by atoms with van der Waals surface area (Å²) in [6.45, 7) is 4.33. The highest BCUT2D eigenvalue weighted by Gasteiger charge is 2.29. The van der Waals surface area contributed by atoms with Gasteiger partial charge in [-0.25, -0.2) is 15.2 Å². The van der Waals surface area contributed by atoms with E-state index in [-0.39, 0.29) is 17.4 Å². The molecule has 1 fully saturated rings. The van der Waals surface area contributed by atoms with Crippen molar-refractivity contribution in [1.29, 1.82) is 0 Å². The van der Waals surface area contributed by atoms with Gasteiger partial charge in [0.15, 0.2) is 11.6 Å². The molecule has 0 aromatic carbocycles. The average molecular weight is 294 g/mol. The number of nitrogens with two attached hydrogens (primary N) is 1. The van der Waals surface area contributed by atoms with Crippen LogP contribution < -0.4 is 16.6 Å². The Balaban J connectivity index is 2.13. The topological polar surface area (TPSA) is 80.0 Å². The van der Waals surface area contributed by atoms with Gasteiger partial charge in [0.2, 0.25) is 0 Å². The van der Waals surface area contributed by atoms with Crippen LogP contribution in [0.3, 0.4) is 0 Å². The molecule has 2 atom stereocenters. The number of carbonyl (C=O) groups excluding carboxylic acids is 1. The Morgan fingerprint density at radius 3 is 2.81 bits per heavy atom. The lowest BCUT2D eigenvalue weighted by Gasteiger charge is -2.34. The number of pyridine rings is 1. The van der Waals surface area contributed by atoms with Crippen LogP contribution in [0.4, 0.5) is 10.2 Å². The van der Waals surface area contributed by atoms with E-state index in [4.69, 9.17) is 5.84 Å². The third-order valence-electron chi connectivity index (χ3n) is 4.26. The van der Waals surface area contributed by atoms with Crippen molar-refractivity contribution in [2.45, 2.75) is 45.6 Å². The van der Waals surface area contributed by atoms with E-state index in [9.17, 15) is 9.18 Å². The smallest absolute Gasteiger partial charge is 0.254 e. The fourth-order valence-electron chi connectivity index (χ4n) is 3.10. The normalized spacial score (nSPS) is 22.1. The highest BCUT2D eigenvalue weighted by Crippen LogP contribution is 2.30. The quantitative estimate of drug-likeness (QED) is 0.588. The number of halogens is 1. The summed E-state index contributed by atoms with van der Waals surface area (Å²) < 4.78 is 14.1. The molecule has 1 aliphatic carbocycles. The number of nitrogens with one attached hydrogen (secondary N) is 2. The fourth-order valence-corrected chi connectivity index (χ4v) is 3.10. The zero-order valence-electron chi connectivity index (χ0n) is 12.5. The van der Waals surface area contributed by atoms with Crippen LogP contribution in [0.1, 0.15) is 49.9 Å². The molecule has 116 valence electrons. The van der Waals surface area contributed by atoms with Gasteiger partial charge >= 0.3 is 0 Å². The van der Waals surface area contributed by atoms with E-state index >= 15 is 0 Å². The third-order valence-corrected chi connectivity index (χ3v) is 4.26. The standard InChI is InChI=1S/C15H23FN4O/c1-9(2)10-5-3-4-6-12(10)19-15(21)11-7-8-18-14(20-17)13(11)16/h7-10,12H,3-6,17H2,1-2H3,(H,18,20)(H,19,21). The summed E-state index contributed by atoms with van der Waals surface area (Å²) in [7, 11) is 0. The Labute approximate surface area is 124 Å². The van der Waals surface area contributed by atoms with Gasteiger partial charge in [-0.2, -0.15) is 0 Å². The first-order valence-corrected chi connectivity index (χ1v) is 7.46. The molecular weight excluding hydrogens is 271 g/mol. The summed E-state index contributed by atoms with van der Waals surface area (Å²) in [5.41, 5.74) is 2.13. The van der Waals surface area contributed by atoms with Crippen LogP contribution in [0.25, 0.3) is 0 Å². The number of hydrogen-bond acceptors (Lipinski definition) is 4. The molecule has 21 heavy (non-hydrogen) atoms. The van der Waals surface area contributed by atoms with Crippen molar-refractivity contribution in [2.24, 2.45) is 17.7 Å². The van der Waals surface area contributed by atoms with Crippen LogP contribution in [0.2, 0.25) is 0 Å². The molecule has 1 amide bonds. The molecule has 0 bridgehead atoms. The predicted molar refractivity (Wildman–Crippen MR) is 80.1 cm³/mol. The van der Waals surface area contributed by atoms with Crippen molar-refractivity contribution in [3.63, 3.8) is 0 Å². The fraction of sp³-hybridized carbons (Fsp3) is 0.600. The second kappa shape index (κ2) is 6.85. The van der Waals surface area contributed by atoms with Crippen LogP contribution in [-0.2, 0) is 0 Å². The summed E-state index contributed by atoms with van der Waals surface area (Å²) in [5, 5.41) is 2.98. The van der Waals surface area contributed by atoms with Crippen molar-refractivity contribution in [2.75, 3.05) is 5.43 Å². The highest BCUT2D eigenvalue weighted by molar-refractivity contribution is 5.95. The zero-order valence-corrected chi connectivity index (χ0v) is 12.5. The summed E-state index contributed by atoms with van der Waals surface area (Å²) in [6.07, 6.45) is 5.72. The Morgan fingerprint density at radius 1 is 1.43 bits per heavy atom. The number of nitrogens with zero attached hydrogens (tertiary/aromatic N) is 1. The highest BCUT2D eigenvalue weighted by atomic mass is 19.1. The molecule has 1 heterocycles. The molecule has 1 aromatic rings. The lowest BCUT2D eigenvalue weighted by Crippen LogP contribution is -2.44. The van der Waals surface area contributed by atoms with Crippen molar-refractivity contribution in [1.82, 2.24) is 10.3 Å². The second-order valence-electron chi connectivity index (χ2n) is 5.94. The molecule has 2 rings (SSSR count). The van der Waals surface area contributed by atoms with Gasteiger partial charge in [-0.15, -0.1) is 0 Å². The number of hydrogen-bond donors (Lipinski definition) is 3. The molecule has 1 aliphatic rings. The van der Waals surface area contributed by atoms with Crippen molar-refractivity contribution in [3.8, 4) is 0 Å². The van der Waals surface area contributed by atoms with E-state index in [1.54, 1.807) is 0 Å². The largest absolute Gasteiger partial charge is 0.349 e. The lowest BCUT2D eigenvalue weighted by atomic mass is 9.78. The molecule has 2 unspecified atom stereocenters. The molecule has 0 saturated heterocycles. The van der Waals surface area contributed by atoms with E-state index < -0.39 is 11.7 Å². The maximum atomic E-state index is 14.1. The number of hydrazine groups is 1. The lowest BCUT2D eigenvalue weighted by molar-refractivity contribution is 0.0885. The minimum Gasteiger partial charge on any atom is -0.349 e. The number of nitrogen functional groups attached to an aromatic ring is 1. The van der Waals surface area contributed by atoms with Crippen LogP contribution in [0.5, 0.6) is 0 Å². The summed E-state index contributed by atoms with van der Waals surface area (Å²) in [4.78, 5) is 16.1. The van der Waals surface area contributed by atoms with Gasteiger partial charge in [0.1, 0.15) is 0 Å². The van der Waals surface area contributed by atoms with Crippen LogP contribution in [0, 0.1) is 17.7 Å². The first-order valence-electron chi connectivity index (χ1n) is 7.46. The first kappa shape index (κ1) is 15.7. The summed E-state index contributed by atoms with van der Waals surface area (Å²) >= 11 is 0. The predicted octanol–water partition coefficient (Wildman–Crippen LogP) is 2.45. The minimum atomic E-state index is -0.714. The van der Waals surface area contributed by atoms with Crippen LogP contribution >= 0.6 is 0 Å². The Bertz CT molecular complexity index is 506. The number of rotatable bonds is 4. The van der Waals surface area contributed by atoms with Crippen molar-refractivity contribution in [3.05, 3.63) is 23.6 Å². The van der Waals surface area contributed by atoms with Gasteiger partial charge in [0.05, 0.1) is 5.56 Å². The van der Waals surface area contributed by atoms with Crippen LogP contribution in [-0.4, -0.2) is 16.9 Å². The van der Waals surface area contributed by atoms with Crippen molar-refractivity contribution < 1.29 is 9.18 Å². The van der Waals surface area contributed by atoms with Gasteiger partial charge in [-0.05, 0) is 30.7 Å². The molecule has 4 N–H and O–H groups in total. The van der Waals surface area contributed by atoms with Gasteiger partial charge in [0.25, 0.3) is 5.91 Å². The molecular formula is C15H23FN4O. The monoisotopic (exact) mass is 294 g/mol. The van der Waals surface area contributed by atoms with E-state index in [1.165, 1.54) is 18.7 Å². The molecule has 5 nitrogen and oxygen atoms in total. The van der Waals surface area contributed by atoms with Gasteiger partial charge in [-0.3, -0.25) is 4.79 Å². The third kappa shape index (κ3) is 3.50. The number of carbonyl (C=O) groups is 1. The Hall–Kier alpha value is -1.69. The minimum absolute atomic E-state index is 0.0222. The van der Waals surface area contributed by atoms with E-state index in [2.05, 4.69) is 29.6 Å². The average Bonchev–Trinajstić information content (AvgIpc) is 2.47. The van der Waals surface area contributed by atoms with Gasteiger partial charge in [0, 0.05) is 12.2 Å². The Kier molecular flexibility index (Phi) is 5.12. The van der Waals surface area contributed by atoms with Crippen molar-refractivity contribution >= 4 is 11.7 Å². The number of anilines is 1. The molecule has 6 heteroatoms. The first-order chi connectivity index (χ1) is 10.0. The summed E-state index contributed by atoms with van der Waals surface area (Å²) in [5.74, 6) is 4.89. The van der Waals surface area contributed by atoms with E-state index in [0.29, 0.717) is 11.8 Å². The van der Waals surface area contributed by atoms with E-state index in [0.717, 1.165) is 19.3 Å². The maximum Gasteiger partial charge on any atom is 0.254 e. The molecule has 1 aromatic heterocycles.